The van der Waals surface area contributed by atoms with Crippen LogP contribution >= 0.6 is 0 Å². The summed E-state index contributed by atoms with van der Waals surface area (Å²) in [6.45, 7) is 0.300. The minimum absolute atomic E-state index is 0.0456. The summed E-state index contributed by atoms with van der Waals surface area (Å²) in [5.74, 6) is -0.855. The van der Waals surface area contributed by atoms with Gasteiger partial charge in [-0.3, -0.25) is 0 Å². The van der Waals surface area contributed by atoms with E-state index < -0.39 is 11.6 Å². The highest BCUT2D eigenvalue weighted by atomic mass is 19.1. The molecule has 1 aromatic rings. The molecule has 88 valence electrons. The maximum Gasteiger partial charge on any atom is 0.127 e. The third-order valence-electron chi connectivity index (χ3n) is 3.27. The molecule has 0 amide bonds. The molecule has 1 aliphatic carbocycles. The minimum atomic E-state index is -0.440. The minimum Gasteiger partial charge on any atom is -0.394 e. The van der Waals surface area contributed by atoms with Crippen LogP contribution in [0, 0.1) is 11.6 Å². The van der Waals surface area contributed by atoms with Crippen molar-refractivity contribution in [3.63, 3.8) is 0 Å². The summed E-state index contributed by atoms with van der Waals surface area (Å²) >= 11 is 0. The number of nitrogens with one attached hydrogen (secondary N) is 1. The Hall–Kier alpha value is -1.00. The van der Waals surface area contributed by atoms with Crippen molar-refractivity contribution >= 4 is 0 Å². The number of aliphatic hydroxyl groups is 1. The smallest absolute Gasteiger partial charge is 0.127 e. The van der Waals surface area contributed by atoms with E-state index in [9.17, 15) is 13.9 Å². The third kappa shape index (κ3) is 2.23. The van der Waals surface area contributed by atoms with Crippen LogP contribution in [0.25, 0.3) is 0 Å². The highest BCUT2D eigenvalue weighted by Gasteiger charge is 2.35. The normalized spacial score (nSPS) is 18.2. The molecule has 0 atom stereocenters. The van der Waals surface area contributed by atoms with Crippen molar-refractivity contribution in [3.05, 3.63) is 35.4 Å². The van der Waals surface area contributed by atoms with Crippen molar-refractivity contribution in [1.82, 2.24) is 5.32 Å². The van der Waals surface area contributed by atoms with E-state index in [0.29, 0.717) is 5.56 Å². The Bertz CT molecular complexity index is 372. The first-order valence-corrected chi connectivity index (χ1v) is 5.45. The number of halogens is 2. The summed E-state index contributed by atoms with van der Waals surface area (Å²) in [6.07, 6.45) is 2.85. The molecule has 1 aliphatic rings. The van der Waals surface area contributed by atoms with Gasteiger partial charge in [-0.2, -0.15) is 0 Å². The average Bonchev–Trinajstić information content (AvgIpc) is 2.22. The molecule has 0 aliphatic heterocycles. The standard InChI is InChI=1S/C12H15F2NO/c13-10-2-3-11(14)9(6-10)7-15-12(8-16)4-1-5-12/h2-3,6,15-16H,1,4-5,7-8H2. The van der Waals surface area contributed by atoms with Crippen LogP contribution in [0.2, 0.25) is 0 Å². The van der Waals surface area contributed by atoms with Crippen LogP contribution in [0.15, 0.2) is 18.2 Å². The molecule has 0 radical (unpaired) electrons. The van der Waals surface area contributed by atoms with E-state index >= 15 is 0 Å². The molecule has 2 N–H and O–H groups in total. The fourth-order valence-electron chi connectivity index (χ4n) is 1.96. The van der Waals surface area contributed by atoms with Gasteiger partial charge >= 0.3 is 0 Å². The van der Waals surface area contributed by atoms with Gasteiger partial charge in [-0.1, -0.05) is 0 Å². The molecule has 1 saturated carbocycles. The number of rotatable bonds is 4. The molecule has 16 heavy (non-hydrogen) atoms. The van der Waals surface area contributed by atoms with E-state index in [0.717, 1.165) is 31.4 Å². The first-order valence-electron chi connectivity index (χ1n) is 5.45. The number of hydrogen-bond donors (Lipinski definition) is 2. The van der Waals surface area contributed by atoms with Crippen molar-refractivity contribution in [1.29, 1.82) is 0 Å². The number of hydrogen-bond acceptors (Lipinski definition) is 2. The number of benzene rings is 1. The third-order valence-corrected chi connectivity index (χ3v) is 3.27. The molecule has 4 heteroatoms. The molecule has 1 aromatic carbocycles. The zero-order valence-electron chi connectivity index (χ0n) is 8.97. The Morgan fingerprint density at radius 3 is 2.62 bits per heavy atom. The molecule has 0 unspecified atom stereocenters. The highest BCUT2D eigenvalue weighted by Crippen LogP contribution is 2.31. The molecule has 0 aromatic heterocycles. The molecular formula is C12H15F2NO. The number of aliphatic hydroxyl groups excluding tert-OH is 1. The SMILES string of the molecule is OCC1(NCc2cc(F)ccc2F)CCC1. The molecule has 0 saturated heterocycles. The summed E-state index contributed by atoms with van der Waals surface area (Å²) in [7, 11) is 0. The Morgan fingerprint density at radius 1 is 1.31 bits per heavy atom. The van der Waals surface area contributed by atoms with Crippen LogP contribution in [-0.2, 0) is 6.54 Å². The van der Waals surface area contributed by atoms with Crippen molar-refractivity contribution < 1.29 is 13.9 Å². The van der Waals surface area contributed by atoms with Crippen LogP contribution < -0.4 is 5.32 Å². The van der Waals surface area contributed by atoms with Gasteiger partial charge in [0.1, 0.15) is 11.6 Å². The summed E-state index contributed by atoms with van der Waals surface area (Å²) < 4.78 is 26.2. The quantitative estimate of drug-likeness (QED) is 0.824. The molecule has 2 nitrogen and oxygen atoms in total. The van der Waals surface area contributed by atoms with Gasteiger partial charge in [-0.15, -0.1) is 0 Å². The maximum atomic E-state index is 13.3. The second-order valence-corrected chi connectivity index (χ2v) is 4.38. The topological polar surface area (TPSA) is 32.3 Å². The first-order chi connectivity index (χ1) is 7.65. The van der Waals surface area contributed by atoms with E-state index in [2.05, 4.69) is 5.32 Å². The Morgan fingerprint density at radius 2 is 2.06 bits per heavy atom. The van der Waals surface area contributed by atoms with Crippen LogP contribution in [0.3, 0.4) is 0 Å². The monoisotopic (exact) mass is 227 g/mol. The van der Waals surface area contributed by atoms with Crippen LogP contribution in [0.1, 0.15) is 24.8 Å². The van der Waals surface area contributed by atoms with Gasteiger partial charge in [0.25, 0.3) is 0 Å². The van der Waals surface area contributed by atoms with Gasteiger partial charge in [0.2, 0.25) is 0 Å². The van der Waals surface area contributed by atoms with E-state index in [1.165, 1.54) is 6.07 Å². The van der Waals surface area contributed by atoms with Crippen molar-refractivity contribution in [2.45, 2.75) is 31.3 Å². The second-order valence-electron chi connectivity index (χ2n) is 4.38. The molecule has 0 heterocycles. The predicted octanol–water partition coefficient (Wildman–Crippen LogP) is 1.97. The van der Waals surface area contributed by atoms with Crippen LogP contribution in [-0.4, -0.2) is 17.3 Å². The molecule has 0 bridgehead atoms. The summed E-state index contributed by atoms with van der Waals surface area (Å²) in [5, 5.41) is 12.3. The van der Waals surface area contributed by atoms with Gasteiger partial charge in [-0.25, -0.2) is 8.78 Å². The zero-order valence-corrected chi connectivity index (χ0v) is 8.97. The van der Waals surface area contributed by atoms with E-state index in [4.69, 9.17) is 0 Å². The second kappa shape index (κ2) is 4.47. The van der Waals surface area contributed by atoms with Gasteiger partial charge < -0.3 is 10.4 Å². The van der Waals surface area contributed by atoms with Crippen molar-refractivity contribution in [2.24, 2.45) is 0 Å². The summed E-state index contributed by atoms with van der Waals surface area (Å²) in [4.78, 5) is 0. The zero-order chi connectivity index (χ0) is 11.6. The van der Waals surface area contributed by atoms with Crippen LogP contribution in [0.5, 0.6) is 0 Å². The fourth-order valence-corrected chi connectivity index (χ4v) is 1.96. The Balaban J connectivity index is 2.01. The fraction of sp³-hybridized carbons (Fsp3) is 0.500. The Labute approximate surface area is 93.3 Å². The van der Waals surface area contributed by atoms with Gasteiger partial charge in [0.15, 0.2) is 0 Å². The predicted molar refractivity (Wildman–Crippen MR) is 56.9 cm³/mol. The van der Waals surface area contributed by atoms with Crippen molar-refractivity contribution in [3.8, 4) is 0 Å². The van der Waals surface area contributed by atoms with Crippen molar-refractivity contribution in [2.75, 3.05) is 6.61 Å². The van der Waals surface area contributed by atoms with Crippen LogP contribution in [0.4, 0.5) is 8.78 Å². The lowest BCUT2D eigenvalue weighted by molar-refractivity contribution is 0.0869. The van der Waals surface area contributed by atoms with E-state index in [1.807, 2.05) is 0 Å². The Kier molecular flexibility index (Phi) is 3.21. The van der Waals surface area contributed by atoms with Gasteiger partial charge in [0, 0.05) is 17.6 Å². The largest absolute Gasteiger partial charge is 0.394 e. The lowest BCUT2D eigenvalue weighted by Crippen LogP contribution is -2.53. The molecular weight excluding hydrogens is 212 g/mol. The first kappa shape index (κ1) is 11.5. The lowest BCUT2D eigenvalue weighted by Gasteiger charge is -2.41. The summed E-state index contributed by atoms with van der Waals surface area (Å²) in [6, 6.07) is 3.41. The average molecular weight is 227 g/mol. The summed E-state index contributed by atoms with van der Waals surface area (Å²) in [5.41, 5.74) is 0.0263. The van der Waals surface area contributed by atoms with E-state index in [-0.39, 0.29) is 18.7 Å². The van der Waals surface area contributed by atoms with E-state index in [1.54, 1.807) is 0 Å². The molecule has 1 fully saturated rings. The van der Waals surface area contributed by atoms with Gasteiger partial charge in [0.05, 0.1) is 6.61 Å². The lowest BCUT2D eigenvalue weighted by atomic mass is 9.77. The highest BCUT2D eigenvalue weighted by molar-refractivity contribution is 5.19. The van der Waals surface area contributed by atoms with Gasteiger partial charge in [-0.05, 0) is 37.5 Å². The molecule has 0 spiro atoms. The maximum absolute atomic E-state index is 13.3. The molecule has 2 rings (SSSR count).